The second-order valence-corrected chi connectivity index (χ2v) is 6.89. The molecule has 0 amide bonds. The van der Waals surface area contributed by atoms with E-state index in [0.29, 0.717) is 12.3 Å². The second-order valence-electron chi connectivity index (χ2n) is 4.05. The van der Waals surface area contributed by atoms with E-state index in [1.54, 1.807) is 4.31 Å². The maximum absolute atomic E-state index is 12.0. The van der Waals surface area contributed by atoms with Crippen molar-refractivity contribution in [3.8, 4) is 0 Å². The van der Waals surface area contributed by atoms with Crippen molar-refractivity contribution in [2.75, 3.05) is 17.6 Å². The number of unbranched alkanes of at least 4 members (excludes halogenated alkanes) is 1. The van der Waals surface area contributed by atoms with Gasteiger partial charge in [-0.2, -0.15) is 4.31 Å². The van der Waals surface area contributed by atoms with Crippen molar-refractivity contribution in [3.63, 3.8) is 0 Å². The summed E-state index contributed by atoms with van der Waals surface area (Å²) in [4.78, 5) is 0. The van der Waals surface area contributed by atoms with Gasteiger partial charge in [-0.15, -0.1) is 0 Å². The molecule has 1 aliphatic carbocycles. The van der Waals surface area contributed by atoms with Gasteiger partial charge in [0.2, 0.25) is 10.0 Å². The van der Waals surface area contributed by atoms with Crippen molar-refractivity contribution >= 4 is 26.0 Å². The van der Waals surface area contributed by atoms with E-state index in [-0.39, 0.29) is 6.04 Å². The van der Waals surface area contributed by atoms with Crippen LogP contribution >= 0.6 is 15.9 Å². The highest BCUT2D eigenvalue weighted by Gasteiger charge is 2.32. The highest BCUT2D eigenvalue weighted by atomic mass is 79.9. The lowest BCUT2D eigenvalue weighted by Gasteiger charge is -2.36. The lowest BCUT2D eigenvalue weighted by atomic mass is 9.93. The number of alkyl halides is 1. The van der Waals surface area contributed by atoms with Gasteiger partial charge in [0.05, 0.1) is 5.75 Å². The molecule has 15 heavy (non-hydrogen) atoms. The highest BCUT2D eigenvalue weighted by Crippen LogP contribution is 2.27. The van der Waals surface area contributed by atoms with Crippen LogP contribution in [0.5, 0.6) is 0 Å². The molecule has 0 aromatic rings. The van der Waals surface area contributed by atoms with E-state index in [4.69, 9.17) is 0 Å². The first kappa shape index (κ1) is 13.5. The largest absolute Gasteiger partial charge is 0.214 e. The molecule has 3 nitrogen and oxygen atoms in total. The molecular weight excluding hydrogens is 278 g/mol. The van der Waals surface area contributed by atoms with Gasteiger partial charge >= 0.3 is 0 Å². The van der Waals surface area contributed by atoms with E-state index in [1.165, 1.54) is 6.42 Å². The summed E-state index contributed by atoms with van der Waals surface area (Å²) < 4.78 is 25.7. The number of hydrogen-bond donors (Lipinski definition) is 0. The van der Waals surface area contributed by atoms with Crippen LogP contribution < -0.4 is 0 Å². The molecule has 1 fully saturated rings. The topological polar surface area (TPSA) is 37.4 Å². The zero-order chi connectivity index (χ0) is 11.3. The Hall–Kier alpha value is 0.390. The summed E-state index contributed by atoms with van der Waals surface area (Å²) in [6, 6.07) is 0.282. The van der Waals surface area contributed by atoms with Crippen LogP contribution in [0, 0.1) is 0 Å². The van der Waals surface area contributed by atoms with Crippen molar-refractivity contribution in [2.45, 2.75) is 45.1 Å². The maximum Gasteiger partial charge on any atom is 0.214 e. The van der Waals surface area contributed by atoms with Gasteiger partial charge in [0.25, 0.3) is 0 Å². The monoisotopic (exact) mass is 297 g/mol. The molecule has 0 radical (unpaired) electrons. The fraction of sp³-hybridized carbons (Fsp3) is 1.00. The van der Waals surface area contributed by atoms with Crippen molar-refractivity contribution in [1.82, 2.24) is 4.31 Å². The van der Waals surface area contributed by atoms with Crippen LogP contribution in [0.4, 0.5) is 0 Å². The summed E-state index contributed by atoms with van der Waals surface area (Å²) in [7, 11) is -3.00. The number of halogens is 1. The van der Waals surface area contributed by atoms with Crippen LogP contribution in [0.3, 0.4) is 0 Å². The van der Waals surface area contributed by atoms with Crippen molar-refractivity contribution in [3.05, 3.63) is 0 Å². The summed E-state index contributed by atoms with van der Waals surface area (Å²) in [5.74, 6) is 0.312. The molecule has 0 heterocycles. The Balaban J connectivity index is 2.60. The van der Waals surface area contributed by atoms with Gasteiger partial charge in [-0.25, -0.2) is 8.42 Å². The Morgan fingerprint density at radius 3 is 2.47 bits per heavy atom. The van der Waals surface area contributed by atoms with Gasteiger partial charge in [-0.3, -0.25) is 0 Å². The van der Waals surface area contributed by atoms with Crippen LogP contribution in [0.1, 0.15) is 39.0 Å². The van der Waals surface area contributed by atoms with E-state index in [0.717, 1.165) is 31.0 Å². The van der Waals surface area contributed by atoms with Crippen molar-refractivity contribution < 1.29 is 8.42 Å². The molecule has 5 heteroatoms. The molecule has 1 aliphatic rings. The van der Waals surface area contributed by atoms with Gasteiger partial charge in [0.15, 0.2) is 0 Å². The quantitative estimate of drug-likeness (QED) is 0.677. The van der Waals surface area contributed by atoms with Gasteiger partial charge < -0.3 is 0 Å². The molecule has 0 N–H and O–H groups in total. The number of hydrogen-bond acceptors (Lipinski definition) is 2. The minimum Gasteiger partial charge on any atom is -0.212 e. The minimum absolute atomic E-state index is 0.282. The Kier molecular flexibility index (Phi) is 5.57. The lowest BCUT2D eigenvalue weighted by molar-refractivity contribution is 0.228. The average Bonchev–Trinajstić information content (AvgIpc) is 2.11. The van der Waals surface area contributed by atoms with Crippen LogP contribution in [0.25, 0.3) is 0 Å². The first-order chi connectivity index (χ1) is 7.11. The smallest absolute Gasteiger partial charge is 0.212 e. The lowest BCUT2D eigenvalue weighted by Crippen LogP contribution is -2.46. The molecular formula is C10H20BrNO2S. The fourth-order valence-corrected chi connectivity index (χ4v) is 4.29. The second kappa shape index (κ2) is 6.21. The minimum atomic E-state index is -3.00. The standard InChI is InChI=1S/C10H20BrNO2S/c1-2-3-9-15(13,14)12(8-7-11)10-5-4-6-10/h10H,2-9H2,1H3. The first-order valence-electron chi connectivity index (χ1n) is 5.67. The Bertz CT molecular complexity index is 275. The maximum atomic E-state index is 12.0. The van der Waals surface area contributed by atoms with Gasteiger partial charge in [-0.1, -0.05) is 35.7 Å². The normalized spacial score (nSPS) is 18.1. The van der Waals surface area contributed by atoms with E-state index in [1.807, 2.05) is 6.92 Å². The van der Waals surface area contributed by atoms with Crippen molar-refractivity contribution in [1.29, 1.82) is 0 Å². The molecule has 0 unspecified atom stereocenters. The predicted molar refractivity (Wildman–Crippen MR) is 66.8 cm³/mol. The number of rotatable bonds is 7. The molecule has 0 bridgehead atoms. The number of nitrogens with zero attached hydrogens (tertiary/aromatic N) is 1. The zero-order valence-corrected chi connectivity index (χ0v) is 11.7. The third-order valence-electron chi connectivity index (χ3n) is 2.90. The molecule has 0 atom stereocenters. The van der Waals surface area contributed by atoms with Crippen LogP contribution in [0.15, 0.2) is 0 Å². The SMILES string of the molecule is CCCCS(=O)(=O)N(CCBr)C1CCC1. The third kappa shape index (κ3) is 3.71. The average molecular weight is 298 g/mol. The van der Waals surface area contributed by atoms with E-state index in [2.05, 4.69) is 15.9 Å². The number of sulfonamides is 1. The van der Waals surface area contributed by atoms with Gasteiger partial charge in [0, 0.05) is 17.9 Å². The predicted octanol–water partition coefficient (Wildman–Crippen LogP) is 2.37. The summed E-state index contributed by atoms with van der Waals surface area (Å²) >= 11 is 3.33. The molecule has 1 saturated carbocycles. The molecule has 90 valence electrons. The molecule has 0 aromatic heterocycles. The van der Waals surface area contributed by atoms with Crippen LogP contribution in [-0.4, -0.2) is 36.4 Å². The Labute approximate surface area is 101 Å². The summed E-state index contributed by atoms with van der Waals surface area (Å²) in [5.41, 5.74) is 0. The molecule has 0 aliphatic heterocycles. The van der Waals surface area contributed by atoms with Crippen LogP contribution in [-0.2, 0) is 10.0 Å². The summed E-state index contributed by atoms with van der Waals surface area (Å²) in [6.07, 6.45) is 4.96. The van der Waals surface area contributed by atoms with Gasteiger partial charge in [0.1, 0.15) is 0 Å². The van der Waals surface area contributed by atoms with Crippen molar-refractivity contribution in [2.24, 2.45) is 0 Å². The highest BCUT2D eigenvalue weighted by molar-refractivity contribution is 9.09. The third-order valence-corrected chi connectivity index (χ3v) is 5.25. The zero-order valence-electron chi connectivity index (χ0n) is 9.28. The molecule has 1 rings (SSSR count). The Morgan fingerprint density at radius 2 is 2.07 bits per heavy atom. The molecule has 0 spiro atoms. The first-order valence-corrected chi connectivity index (χ1v) is 8.40. The molecule has 0 saturated heterocycles. The Morgan fingerprint density at radius 1 is 1.40 bits per heavy atom. The van der Waals surface area contributed by atoms with Crippen LogP contribution in [0.2, 0.25) is 0 Å². The van der Waals surface area contributed by atoms with Gasteiger partial charge in [-0.05, 0) is 19.3 Å². The summed E-state index contributed by atoms with van der Waals surface area (Å²) in [5, 5.41) is 0.731. The molecule has 0 aromatic carbocycles. The summed E-state index contributed by atoms with van der Waals surface area (Å²) in [6.45, 7) is 2.64. The fourth-order valence-electron chi connectivity index (χ4n) is 1.75. The van der Waals surface area contributed by atoms with E-state index in [9.17, 15) is 8.42 Å². The van der Waals surface area contributed by atoms with E-state index >= 15 is 0 Å². The van der Waals surface area contributed by atoms with E-state index < -0.39 is 10.0 Å².